The van der Waals surface area contributed by atoms with E-state index in [2.05, 4.69) is 18.8 Å². The number of nitrogens with zero attached hydrogens (tertiary/aromatic N) is 1. The molecular formula is C8H16N2. The minimum absolute atomic E-state index is 0.738. The van der Waals surface area contributed by atoms with E-state index in [4.69, 9.17) is 5.73 Å². The molecule has 0 aromatic rings. The zero-order valence-electron chi connectivity index (χ0n) is 6.80. The van der Waals surface area contributed by atoms with Crippen molar-refractivity contribution in [1.29, 1.82) is 0 Å². The predicted octanol–water partition coefficient (Wildman–Crippen LogP) is 1.41. The number of hydrogen-bond donors (Lipinski definition) is 1. The van der Waals surface area contributed by atoms with Crippen molar-refractivity contribution >= 4 is 5.84 Å². The number of hydrogen-bond acceptors (Lipinski definition) is 2. The van der Waals surface area contributed by atoms with Gasteiger partial charge in [0.2, 0.25) is 0 Å². The first kappa shape index (κ1) is 7.58. The Bertz CT molecular complexity index is 140. The number of rotatable bonds is 1. The molecule has 2 heteroatoms. The molecule has 2 N–H and O–H groups in total. The van der Waals surface area contributed by atoms with E-state index in [0.717, 1.165) is 30.6 Å². The van der Waals surface area contributed by atoms with Crippen LogP contribution in [0.1, 0.15) is 26.7 Å². The van der Waals surface area contributed by atoms with Crippen LogP contribution in [0.25, 0.3) is 0 Å². The van der Waals surface area contributed by atoms with Crippen molar-refractivity contribution in [3.05, 3.63) is 0 Å². The second kappa shape index (κ2) is 3.04. The molecule has 0 bridgehead atoms. The minimum atomic E-state index is 0.738. The largest absolute Gasteiger partial charge is 0.387 e. The zero-order valence-corrected chi connectivity index (χ0v) is 6.80. The third-order valence-electron chi connectivity index (χ3n) is 2.39. The van der Waals surface area contributed by atoms with Crippen molar-refractivity contribution < 1.29 is 0 Å². The Balaban J connectivity index is 2.52. The molecule has 2 atom stereocenters. The first-order valence-electron chi connectivity index (χ1n) is 4.02. The zero-order chi connectivity index (χ0) is 7.56. The van der Waals surface area contributed by atoms with Gasteiger partial charge in [0.05, 0.1) is 5.84 Å². The van der Waals surface area contributed by atoms with E-state index < -0.39 is 0 Å². The summed E-state index contributed by atoms with van der Waals surface area (Å²) in [7, 11) is 0. The molecule has 0 saturated heterocycles. The average molecular weight is 140 g/mol. The molecule has 58 valence electrons. The quantitative estimate of drug-likeness (QED) is 0.587. The highest BCUT2D eigenvalue weighted by Gasteiger charge is 2.19. The fourth-order valence-corrected chi connectivity index (χ4v) is 1.51. The Morgan fingerprint density at radius 3 is 2.90 bits per heavy atom. The maximum Gasteiger partial charge on any atom is 0.0939 e. The van der Waals surface area contributed by atoms with Gasteiger partial charge >= 0.3 is 0 Å². The first-order valence-corrected chi connectivity index (χ1v) is 4.02. The minimum Gasteiger partial charge on any atom is -0.387 e. The summed E-state index contributed by atoms with van der Waals surface area (Å²) in [5.41, 5.74) is 5.59. The van der Waals surface area contributed by atoms with Gasteiger partial charge in [0.25, 0.3) is 0 Å². The lowest BCUT2D eigenvalue weighted by Crippen LogP contribution is -2.28. The van der Waals surface area contributed by atoms with E-state index in [1.54, 1.807) is 0 Å². The predicted molar refractivity (Wildman–Crippen MR) is 44.1 cm³/mol. The number of aliphatic imine (C=N–C) groups is 1. The van der Waals surface area contributed by atoms with Crippen molar-refractivity contribution in [3.63, 3.8) is 0 Å². The smallest absolute Gasteiger partial charge is 0.0939 e. The average Bonchev–Trinajstić information content (AvgIpc) is 1.88. The molecule has 1 heterocycles. The van der Waals surface area contributed by atoms with E-state index in [0.29, 0.717) is 0 Å². The summed E-state index contributed by atoms with van der Waals surface area (Å²) in [5, 5.41) is 0. The van der Waals surface area contributed by atoms with Crippen LogP contribution in [0.2, 0.25) is 0 Å². The monoisotopic (exact) mass is 140 g/mol. The maximum absolute atomic E-state index is 5.59. The standard InChI is InChI=1S/C8H16N2/c1-3-7-5-10-8(9)4-6(7)2/h6-7H,3-5H2,1-2H3,(H2,9,10). The molecule has 0 radical (unpaired) electrons. The van der Waals surface area contributed by atoms with Crippen LogP contribution in [0.15, 0.2) is 4.99 Å². The Hall–Kier alpha value is -0.530. The molecule has 0 saturated carbocycles. The lowest BCUT2D eigenvalue weighted by atomic mass is 9.87. The van der Waals surface area contributed by atoms with Gasteiger partial charge in [-0.2, -0.15) is 0 Å². The Kier molecular flexibility index (Phi) is 2.30. The van der Waals surface area contributed by atoms with E-state index in [1.807, 2.05) is 0 Å². The summed E-state index contributed by atoms with van der Waals surface area (Å²) in [4.78, 5) is 4.23. The first-order chi connectivity index (χ1) is 4.74. The van der Waals surface area contributed by atoms with Crippen LogP contribution in [-0.2, 0) is 0 Å². The number of amidine groups is 1. The topological polar surface area (TPSA) is 38.4 Å². The van der Waals surface area contributed by atoms with Crippen molar-refractivity contribution in [3.8, 4) is 0 Å². The SMILES string of the molecule is CCC1CN=C(N)CC1C. The van der Waals surface area contributed by atoms with Crippen molar-refractivity contribution in [2.24, 2.45) is 22.6 Å². The molecule has 0 fully saturated rings. The van der Waals surface area contributed by atoms with Crippen LogP contribution < -0.4 is 5.73 Å². The fraction of sp³-hybridized carbons (Fsp3) is 0.875. The van der Waals surface area contributed by atoms with Crippen molar-refractivity contribution in [2.75, 3.05) is 6.54 Å². The lowest BCUT2D eigenvalue weighted by Gasteiger charge is -2.25. The maximum atomic E-state index is 5.59. The van der Waals surface area contributed by atoms with Gasteiger partial charge in [0.15, 0.2) is 0 Å². The molecule has 1 rings (SSSR count). The highest BCUT2D eigenvalue weighted by molar-refractivity contribution is 5.81. The molecule has 0 spiro atoms. The molecule has 0 aromatic heterocycles. The normalized spacial score (nSPS) is 33.6. The third kappa shape index (κ3) is 1.49. The second-order valence-electron chi connectivity index (χ2n) is 3.18. The summed E-state index contributed by atoms with van der Waals surface area (Å²) in [6, 6.07) is 0. The van der Waals surface area contributed by atoms with Gasteiger partial charge < -0.3 is 5.73 Å². The van der Waals surface area contributed by atoms with Crippen LogP contribution in [0.4, 0.5) is 0 Å². The molecule has 0 aliphatic carbocycles. The van der Waals surface area contributed by atoms with Crippen LogP contribution in [0.3, 0.4) is 0 Å². The van der Waals surface area contributed by atoms with Crippen LogP contribution in [0.5, 0.6) is 0 Å². The van der Waals surface area contributed by atoms with Crippen LogP contribution in [0, 0.1) is 11.8 Å². The Morgan fingerprint density at radius 2 is 2.40 bits per heavy atom. The fourth-order valence-electron chi connectivity index (χ4n) is 1.51. The molecule has 1 aliphatic rings. The molecule has 0 amide bonds. The summed E-state index contributed by atoms with van der Waals surface area (Å²) in [6.45, 7) is 5.43. The second-order valence-corrected chi connectivity index (χ2v) is 3.18. The van der Waals surface area contributed by atoms with E-state index in [1.165, 1.54) is 6.42 Å². The summed E-state index contributed by atoms with van der Waals surface area (Å²) in [5.74, 6) is 2.35. The molecular weight excluding hydrogens is 124 g/mol. The molecule has 10 heavy (non-hydrogen) atoms. The Morgan fingerprint density at radius 1 is 1.70 bits per heavy atom. The van der Waals surface area contributed by atoms with Crippen LogP contribution >= 0.6 is 0 Å². The highest BCUT2D eigenvalue weighted by Crippen LogP contribution is 2.22. The van der Waals surface area contributed by atoms with Gasteiger partial charge in [-0.1, -0.05) is 20.3 Å². The number of nitrogens with two attached hydrogens (primary N) is 1. The van der Waals surface area contributed by atoms with Crippen molar-refractivity contribution in [1.82, 2.24) is 0 Å². The lowest BCUT2D eigenvalue weighted by molar-refractivity contribution is 0.351. The summed E-state index contributed by atoms with van der Waals surface area (Å²) in [6.07, 6.45) is 2.23. The van der Waals surface area contributed by atoms with Gasteiger partial charge in [-0.05, 0) is 11.8 Å². The summed E-state index contributed by atoms with van der Waals surface area (Å²) < 4.78 is 0. The van der Waals surface area contributed by atoms with Crippen molar-refractivity contribution in [2.45, 2.75) is 26.7 Å². The van der Waals surface area contributed by atoms with Gasteiger partial charge in [0.1, 0.15) is 0 Å². The molecule has 2 unspecified atom stereocenters. The van der Waals surface area contributed by atoms with Gasteiger partial charge in [-0.3, -0.25) is 4.99 Å². The van der Waals surface area contributed by atoms with E-state index >= 15 is 0 Å². The van der Waals surface area contributed by atoms with E-state index in [9.17, 15) is 0 Å². The molecule has 0 aromatic carbocycles. The molecule has 1 aliphatic heterocycles. The van der Waals surface area contributed by atoms with Gasteiger partial charge in [0, 0.05) is 13.0 Å². The van der Waals surface area contributed by atoms with Gasteiger partial charge in [-0.15, -0.1) is 0 Å². The highest BCUT2D eigenvalue weighted by atomic mass is 14.9. The van der Waals surface area contributed by atoms with Gasteiger partial charge in [-0.25, -0.2) is 0 Å². The molecule has 2 nitrogen and oxygen atoms in total. The summed E-state index contributed by atoms with van der Waals surface area (Å²) >= 11 is 0. The van der Waals surface area contributed by atoms with E-state index in [-0.39, 0.29) is 0 Å². The Labute approximate surface area is 62.5 Å². The third-order valence-corrected chi connectivity index (χ3v) is 2.39. The van der Waals surface area contributed by atoms with Crippen LogP contribution in [-0.4, -0.2) is 12.4 Å².